The molecule has 0 spiro atoms. The van der Waals surface area contributed by atoms with E-state index in [4.69, 9.17) is 16.7 Å². The molecular formula is C12H17ClN2O4S. The summed E-state index contributed by atoms with van der Waals surface area (Å²) in [5, 5.41) is 11.6. The lowest BCUT2D eigenvalue weighted by Crippen LogP contribution is -2.31. The van der Waals surface area contributed by atoms with Crippen LogP contribution in [0.5, 0.6) is 0 Å². The van der Waals surface area contributed by atoms with Crippen molar-refractivity contribution in [1.82, 2.24) is 9.62 Å². The highest BCUT2D eigenvalue weighted by molar-refractivity contribution is 7.89. The summed E-state index contributed by atoms with van der Waals surface area (Å²) in [5.74, 6) is -0.474. The molecule has 2 N–H and O–H groups in total. The minimum atomic E-state index is -3.72. The van der Waals surface area contributed by atoms with E-state index in [-0.39, 0.29) is 22.0 Å². The number of halogens is 1. The second kappa shape index (κ2) is 6.53. The normalized spacial score (nSPS) is 13.3. The summed E-state index contributed by atoms with van der Waals surface area (Å²) >= 11 is 5.88. The molecule has 0 heterocycles. The number of hydrogen-bond acceptors (Lipinski definition) is 4. The van der Waals surface area contributed by atoms with E-state index >= 15 is 0 Å². The number of carbonyl (C=O) groups is 1. The lowest BCUT2D eigenvalue weighted by molar-refractivity contribution is 0.0924. The third-order valence-corrected chi connectivity index (χ3v) is 4.81. The van der Waals surface area contributed by atoms with E-state index in [0.29, 0.717) is 0 Å². The quantitative estimate of drug-likeness (QED) is 0.836. The van der Waals surface area contributed by atoms with E-state index in [9.17, 15) is 13.2 Å². The van der Waals surface area contributed by atoms with E-state index in [1.54, 1.807) is 0 Å². The first-order chi connectivity index (χ1) is 9.16. The van der Waals surface area contributed by atoms with E-state index in [1.165, 1.54) is 39.2 Å². The van der Waals surface area contributed by atoms with Gasteiger partial charge in [-0.15, -0.1) is 0 Å². The Morgan fingerprint density at radius 2 is 2.05 bits per heavy atom. The van der Waals surface area contributed by atoms with E-state index in [0.717, 1.165) is 4.31 Å². The molecule has 1 unspecified atom stereocenters. The zero-order chi connectivity index (χ0) is 15.5. The molecule has 20 heavy (non-hydrogen) atoms. The molecule has 0 aliphatic carbocycles. The molecule has 0 aromatic heterocycles. The van der Waals surface area contributed by atoms with Crippen molar-refractivity contribution in [1.29, 1.82) is 0 Å². The van der Waals surface area contributed by atoms with Crippen molar-refractivity contribution in [2.45, 2.75) is 17.9 Å². The summed E-state index contributed by atoms with van der Waals surface area (Å²) in [5.41, 5.74) is 0.162. The molecule has 8 heteroatoms. The van der Waals surface area contributed by atoms with Crippen molar-refractivity contribution in [3.8, 4) is 0 Å². The first kappa shape index (κ1) is 16.9. The molecule has 6 nitrogen and oxygen atoms in total. The average Bonchev–Trinajstić information content (AvgIpc) is 2.35. The van der Waals surface area contributed by atoms with Gasteiger partial charge in [-0.3, -0.25) is 4.79 Å². The van der Waals surface area contributed by atoms with Gasteiger partial charge in [-0.25, -0.2) is 12.7 Å². The molecule has 1 amide bonds. The summed E-state index contributed by atoms with van der Waals surface area (Å²) in [6, 6.07) is 4.00. The van der Waals surface area contributed by atoms with E-state index in [1.807, 2.05) is 0 Å². The van der Waals surface area contributed by atoms with Crippen LogP contribution in [0.2, 0.25) is 5.02 Å². The molecule has 0 radical (unpaired) electrons. The Labute approximate surface area is 123 Å². The van der Waals surface area contributed by atoms with E-state index in [2.05, 4.69) is 5.32 Å². The number of rotatable bonds is 5. The molecule has 1 rings (SSSR count). The van der Waals surface area contributed by atoms with Crippen LogP contribution in [0.25, 0.3) is 0 Å². The predicted molar refractivity (Wildman–Crippen MR) is 76.3 cm³/mol. The second-order valence-electron chi connectivity index (χ2n) is 4.49. The van der Waals surface area contributed by atoms with Gasteiger partial charge in [0.05, 0.1) is 11.1 Å². The predicted octanol–water partition coefficient (Wildman–Crippen LogP) is 0.701. The number of sulfonamides is 1. The summed E-state index contributed by atoms with van der Waals surface area (Å²) in [7, 11) is -0.961. The highest BCUT2D eigenvalue weighted by atomic mass is 35.5. The molecular weight excluding hydrogens is 304 g/mol. The van der Waals surface area contributed by atoms with Crippen LogP contribution < -0.4 is 5.32 Å². The van der Waals surface area contributed by atoms with Gasteiger partial charge in [-0.2, -0.15) is 0 Å². The Hall–Kier alpha value is -1.15. The SMILES string of the molecule is CC(O)CNC(=O)c1ccc(Cl)c(S(=O)(=O)N(C)C)c1. The Bertz CT molecular complexity index is 599. The standard InChI is InChI=1S/C12H17ClN2O4S/c1-8(16)7-14-12(17)9-4-5-10(13)11(6-9)20(18,19)15(2)3/h4-6,8,16H,7H2,1-3H3,(H,14,17). The van der Waals surface area contributed by atoms with Crippen LogP contribution in [-0.4, -0.2) is 50.5 Å². The zero-order valence-corrected chi connectivity index (χ0v) is 13.0. The van der Waals surface area contributed by atoms with Gasteiger partial charge in [0.2, 0.25) is 10.0 Å². The lowest BCUT2D eigenvalue weighted by Gasteiger charge is -2.14. The number of hydrogen-bond donors (Lipinski definition) is 2. The Kier molecular flexibility index (Phi) is 5.52. The minimum Gasteiger partial charge on any atom is -0.392 e. The maximum absolute atomic E-state index is 12.1. The summed E-state index contributed by atoms with van der Waals surface area (Å²) in [6.45, 7) is 1.61. The number of amides is 1. The maximum atomic E-state index is 12.1. The third-order valence-electron chi connectivity index (χ3n) is 2.51. The van der Waals surface area contributed by atoms with Gasteiger partial charge in [0.25, 0.3) is 5.91 Å². The fourth-order valence-corrected chi connectivity index (χ4v) is 2.78. The Balaban J connectivity index is 3.13. The first-order valence-corrected chi connectivity index (χ1v) is 7.66. The van der Waals surface area contributed by atoms with Crippen LogP contribution in [0, 0.1) is 0 Å². The first-order valence-electron chi connectivity index (χ1n) is 5.84. The Morgan fingerprint density at radius 3 is 2.55 bits per heavy atom. The average molecular weight is 321 g/mol. The molecule has 0 fully saturated rings. The van der Waals surface area contributed by atoms with Crippen LogP contribution in [-0.2, 0) is 10.0 Å². The second-order valence-corrected chi connectivity index (χ2v) is 7.02. The number of aliphatic hydroxyl groups excluding tert-OH is 1. The van der Waals surface area contributed by atoms with Crippen LogP contribution in [0.1, 0.15) is 17.3 Å². The summed E-state index contributed by atoms with van der Waals surface area (Å²) in [6.07, 6.45) is -0.684. The topological polar surface area (TPSA) is 86.7 Å². The number of nitrogens with one attached hydrogen (secondary N) is 1. The Morgan fingerprint density at radius 1 is 1.45 bits per heavy atom. The molecule has 1 aromatic carbocycles. The third kappa shape index (κ3) is 3.92. The fraction of sp³-hybridized carbons (Fsp3) is 0.417. The fourth-order valence-electron chi connectivity index (χ4n) is 1.38. The summed E-state index contributed by atoms with van der Waals surface area (Å²) in [4.78, 5) is 11.7. The number of benzene rings is 1. The molecule has 112 valence electrons. The van der Waals surface area contributed by atoms with Gasteiger partial charge in [0.15, 0.2) is 0 Å². The molecule has 0 saturated carbocycles. The van der Waals surface area contributed by atoms with Crippen molar-refractivity contribution < 1.29 is 18.3 Å². The number of carbonyl (C=O) groups excluding carboxylic acids is 1. The van der Waals surface area contributed by atoms with Gasteiger partial charge in [-0.1, -0.05) is 11.6 Å². The number of aliphatic hydroxyl groups is 1. The van der Waals surface area contributed by atoms with Crippen molar-refractivity contribution in [3.63, 3.8) is 0 Å². The van der Waals surface area contributed by atoms with E-state index < -0.39 is 22.0 Å². The summed E-state index contributed by atoms with van der Waals surface area (Å²) < 4.78 is 25.1. The van der Waals surface area contributed by atoms with Crippen molar-refractivity contribution in [2.24, 2.45) is 0 Å². The van der Waals surface area contributed by atoms with Crippen molar-refractivity contribution in [2.75, 3.05) is 20.6 Å². The van der Waals surface area contributed by atoms with Gasteiger partial charge in [0.1, 0.15) is 4.90 Å². The highest BCUT2D eigenvalue weighted by Crippen LogP contribution is 2.24. The highest BCUT2D eigenvalue weighted by Gasteiger charge is 2.22. The zero-order valence-electron chi connectivity index (χ0n) is 11.4. The van der Waals surface area contributed by atoms with Gasteiger partial charge < -0.3 is 10.4 Å². The molecule has 0 saturated heterocycles. The monoisotopic (exact) mass is 320 g/mol. The van der Waals surface area contributed by atoms with Gasteiger partial charge in [0, 0.05) is 26.2 Å². The molecule has 1 aromatic rings. The molecule has 0 aliphatic rings. The van der Waals surface area contributed by atoms with Crippen LogP contribution in [0.3, 0.4) is 0 Å². The molecule has 0 aliphatic heterocycles. The largest absolute Gasteiger partial charge is 0.392 e. The van der Waals surface area contributed by atoms with Crippen molar-refractivity contribution >= 4 is 27.5 Å². The molecule has 0 bridgehead atoms. The van der Waals surface area contributed by atoms with Gasteiger partial charge >= 0.3 is 0 Å². The minimum absolute atomic E-state index is 0.0470. The van der Waals surface area contributed by atoms with Crippen molar-refractivity contribution in [3.05, 3.63) is 28.8 Å². The van der Waals surface area contributed by atoms with Crippen LogP contribution in [0.4, 0.5) is 0 Å². The van der Waals surface area contributed by atoms with Crippen LogP contribution >= 0.6 is 11.6 Å². The van der Waals surface area contributed by atoms with Crippen LogP contribution in [0.15, 0.2) is 23.1 Å². The maximum Gasteiger partial charge on any atom is 0.251 e. The smallest absolute Gasteiger partial charge is 0.251 e. The van der Waals surface area contributed by atoms with Gasteiger partial charge in [-0.05, 0) is 25.1 Å². The number of nitrogens with zero attached hydrogens (tertiary/aromatic N) is 1. The lowest BCUT2D eigenvalue weighted by atomic mass is 10.2. The molecule has 1 atom stereocenters.